The minimum atomic E-state index is -1.10. The van der Waals surface area contributed by atoms with Crippen LogP contribution in [0, 0.1) is 5.92 Å². The van der Waals surface area contributed by atoms with Gasteiger partial charge in [0, 0.05) is 36.9 Å². The number of likely N-dealkylation sites (N-methyl/N-ethyl adjacent to an activating group) is 1. The number of benzene rings is 3. The van der Waals surface area contributed by atoms with E-state index in [1.807, 2.05) is 54.6 Å². The SMILES string of the molecule is COC(=O)[C@@H]1Cc2ccc3c(c2)-c2cc(ccc2OCC2(CO3)CO2)[C@H](N(C)C(=O)OCc2ccccc2)C(=O)C[C@@H](C)C(=O)N1. The maximum absolute atomic E-state index is 14.1. The smallest absolute Gasteiger partial charge is 0.410 e. The summed E-state index contributed by atoms with van der Waals surface area (Å²) < 4.78 is 28.8. The highest BCUT2D eigenvalue weighted by molar-refractivity contribution is 5.94. The van der Waals surface area contributed by atoms with E-state index < -0.39 is 41.6 Å². The van der Waals surface area contributed by atoms with Crippen molar-refractivity contribution in [3.8, 4) is 22.6 Å². The van der Waals surface area contributed by atoms with Crippen molar-refractivity contribution < 1.29 is 42.9 Å². The Morgan fingerprint density at radius 1 is 0.935 bits per heavy atom. The van der Waals surface area contributed by atoms with Gasteiger partial charge in [-0.25, -0.2) is 9.59 Å². The predicted molar refractivity (Wildman–Crippen MR) is 165 cm³/mol. The first-order valence-corrected chi connectivity index (χ1v) is 15.2. The third-order valence-electron chi connectivity index (χ3n) is 8.57. The lowest BCUT2D eigenvalue weighted by Gasteiger charge is -2.29. The van der Waals surface area contributed by atoms with Crippen molar-refractivity contribution in [2.75, 3.05) is 34.0 Å². The molecular formula is C35H36N2O9. The average molecular weight is 629 g/mol. The molecule has 1 unspecified atom stereocenters. The molecule has 0 radical (unpaired) electrons. The van der Waals surface area contributed by atoms with E-state index in [9.17, 15) is 19.2 Å². The fourth-order valence-corrected chi connectivity index (χ4v) is 5.77. The summed E-state index contributed by atoms with van der Waals surface area (Å²) in [7, 11) is 2.76. The maximum Gasteiger partial charge on any atom is 0.410 e. The quantitative estimate of drug-likeness (QED) is 0.336. The summed E-state index contributed by atoms with van der Waals surface area (Å²) in [6, 6.07) is 18.0. The van der Waals surface area contributed by atoms with Crippen molar-refractivity contribution in [2.24, 2.45) is 5.92 Å². The van der Waals surface area contributed by atoms with Gasteiger partial charge in [-0.05, 0) is 41.0 Å². The van der Waals surface area contributed by atoms with Crippen molar-refractivity contribution in [3.63, 3.8) is 0 Å². The molecule has 4 atom stereocenters. The molecule has 1 fully saturated rings. The number of fused-ring (bicyclic) bond motifs is 2. The predicted octanol–water partition coefficient (Wildman–Crippen LogP) is 4.01. The van der Waals surface area contributed by atoms with Crippen LogP contribution in [-0.2, 0) is 41.6 Å². The van der Waals surface area contributed by atoms with E-state index in [0.29, 0.717) is 34.8 Å². The highest BCUT2D eigenvalue weighted by atomic mass is 16.6. The van der Waals surface area contributed by atoms with E-state index in [2.05, 4.69) is 5.32 Å². The minimum absolute atomic E-state index is 0.0218. The largest absolute Gasteiger partial charge is 0.490 e. The van der Waals surface area contributed by atoms with Crippen LogP contribution in [0.1, 0.15) is 36.1 Å². The number of rotatable bonds is 4. The molecule has 0 aromatic heterocycles. The average Bonchev–Trinajstić information content (AvgIpc) is 3.83. The lowest BCUT2D eigenvalue weighted by atomic mass is 9.90. The van der Waals surface area contributed by atoms with Gasteiger partial charge in [0.25, 0.3) is 0 Å². The second-order valence-corrected chi connectivity index (χ2v) is 12.0. The zero-order chi connectivity index (χ0) is 32.4. The van der Waals surface area contributed by atoms with Gasteiger partial charge in [0.1, 0.15) is 43.4 Å². The van der Waals surface area contributed by atoms with Crippen molar-refractivity contribution in [2.45, 2.75) is 44.1 Å². The summed E-state index contributed by atoms with van der Waals surface area (Å²) in [6.45, 7) is 2.67. The van der Waals surface area contributed by atoms with Crippen LogP contribution in [0.4, 0.5) is 4.79 Å². The summed E-state index contributed by atoms with van der Waals surface area (Å²) in [5.41, 5.74) is 2.78. The number of ketones is 1. The molecule has 1 spiro atoms. The Bertz CT molecular complexity index is 1650. The number of methoxy groups -OCH3 is 1. The van der Waals surface area contributed by atoms with Crippen molar-refractivity contribution in [1.82, 2.24) is 10.2 Å². The van der Waals surface area contributed by atoms with Crippen LogP contribution < -0.4 is 14.8 Å². The summed E-state index contributed by atoms with van der Waals surface area (Å²) in [6.07, 6.45) is -0.758. The first kappa shape index (κ1) is 31.1. The second kappa shape index (κ2) is 12.8. The Hall–Kier alpha value is -4.90. The van der Waals surface area contributed by atoms with Gasteiger partial charge in [-0.15, -0.1) is 0 Å². The number of nitrogens with zero attached hydrogens (tertiary/aromatic N) is 1. The van der Waals surface area contributed by atoms with Crippen LogP contribution in [0.5, 0.6) is 11.5 Å². The van der Waals surface area contributed by atoms with Gasteiger partial charge in [-0.3, -0.25) is 14.5 Å². The van der Waals surface area contributed by atoms with Crippen LogP contribution in [0.25, 0.3) is 11.1 Å². The number of epoxide rings is 1. The van der Waals surface area contributed by atoms with E-state index in [0.717, 1.165) is 11.1 Å². The second-order valence-electron chi connectivity index (χ2n) is 12.0. The lowest BCUT2D eigenvalue weighted by molar-refractivity contribution is -0.145. The first-order chi connectivity index (χ1) is 22.2. The Kier molecular flexibility index (Phi) is 8.68. The van der Waals surface area contributed by atoms with Crippen molar-refractivity contribution in [3.05, 3.63) is 83.4 Å². The monoisotopic (exact) mass is 628 g/mol. The molecule has 6 rings (SSSR count). The molecule has 240 valence electrons. The Morgan fingerprint density at radius 2 is 1.61 bits per heavy atom. The molecule has 0 saturated carbocycles. The van der Waals surface area contributed by atoms with E-state index in [1.54, 1.807) is 19.1 Å². The standard InChI is InChI=1S/C35H36N2O9/c1-21-13-28(38)31(37(2)34(41)43-17-22-7-5-4-6-8-22)24-10-12-30-26(16-24)25-14-23(15-27(33(40)42-3)36-32(21)39)9-11-29(25)44-18-35(19-45-30)20-46-35/h4-12,14,16,21,27,31H,13,15,17-20H2,1-3H3,(H,36,39)/t21-,27+,31+,35?/m1/s1. The molecule has 46 heavy (non-hydrogen) atoms. The molecule has 3 aromatic rings. The number of ether oxygens (including phenoxy) is 5. The zero-order valence-electron chi connectivity index (χ0n) is 25.9. The molecule has 3 aliphatic heterocycles. The Morgan fingerprint density at radius 3 is 2.28 bits per heavy atom. The summed E-state index contributed by atoms with van der Waals surface area (Å²) >= 11 is 0. The third kappa shape index (κ3) is 6.55. The highest BCUT2D eigenvalue weighted by Crippen LogP contribution is 2.43. The summed E-state index contributed by atoms with van der Waals surface area (Å²) in [5, 5.41) is 2.76. The fraction of sp³-hybridized carbons (Fsp3) is 0.371. The third-order valence-corrected chi connectivity index (χ3v) is 8.57. The molecule has 3 aromatic carbocycles. The van der Waals surface area contributed by atoms with Crippen LogP contribution in [0.2, 0.25) is 0 Å². The lowest BCUT2D eigenvalue weighted by Crippen LogP contribution is -2.46. The fourth-order valence-electron chi connectivity index (χ4n) is 5.77. The molecule has 4 bridgehead atoms. The number of Topliss-reactive ketones (excluding diaryl/α,β-unsaturated/α-hetero) is 1. The molecule has 1 saturated heterocycles. The molecule has 0 aliphatic carbocycles. The highest BCUT2D eigenvalue weighted by Gasteiger charge is 2.48. The number of carbonyl (C=O) groups is 4. The van der Waals surface area contributed by atoms with Gasteiger partial charge in [-0.2, -0.15) is 0 Å². The van der Waals surface area contributed by atoms with Gasteiger partial charge in [-0.1, -0.05) is 49.4 Å². The summed E-state index contributed by atoms with van der Waals surface area (Å²) in [5.74, 6) is -1.19. The van der Waals surface area contributed by atoms with E-state index in [-0.39, 0.29) is 38.4 Å². The number of amides is 2. The number of nitrogens with one attached hydrogen (secondary N) is 1. The van der Waals surface area contributed by atoms with Gasteiger partial charge in [0.2, 0.25) is 5.91 Å². The van der Waals surface area contributed by atoms with Crippen molar-refractivity contribution >= 4 is 23.8 Å². The first-order valence-electron chi connectivity index (χ1n) is 15.2. The molecule has 2 amide bonds. The molecule has 11 heteroatoms. The molecule has 3 heterocycles. The normalized spacial score (nSPS) is 23.8. The van der Waals surface area contributed by atoms with Crippen molar-refractivity contribution in [1.29, 1.82) is 0 Å². The molecule has 1 N–H and O–H groups in total. The summed E-state index contributed by atoms with van der Waals surface area (Å²) in [4.78, 5) is 54.8. The van der Waals surface area contributed by atoms with Gasteiger partial charge < -0.3 is 29.0 Å². The van der Waals surface area contributed by atoms with Gasteiger partial charge in [0.15, 0.2) is 11.4 Å². The minimum Gasteiger partial charge on any atom is -0.490 e. The zero-order valence-corrected chi connectivity index (χ0v) is 25.9. The number of hydrogen-bond acceptors (Lipinski definition) is 9. The van der Waals surface area contributed by atoms with Crippen LogP contribution in [0.15, 0.2) is 66.7 Å². The number of carbonyl (C=O) groups excluding carboxylic acids is 4. The van der Waals surface area contributed by atoms with E-state index in [4.69, 9.17) is 23.7 Å². The van der Waals surface area contributed by atoms with E-state index >= 15 is 0 Å². The van der Waals surface area contributed by atoms with Gasteiger partial charge >= 0.3 is 12.1 Å². The van der Waals surface area contributed by atoms with Gasteiger partial charge in [0.05, 0.1) is 13.7 Å². The van der Waals surface area contributed by atoms with Crippen LogP contribution in [0.3, 0.4) is 0 Å². The number of esters is 1. The molecule has 3 aliphatic rings. The Balaban J connectivity index is 1.44. The maximum atomic E-state index is 14.1. The topological polar surface area (TPSA) is 133 Å². The van der Waals surface area contributed by atoms with E-state index in [1.165, 1.54) is 19.1 Å². The van der Waals surface area contributed by atoms with Crippen LogP contribution >= 0.6 is 0 Å². The Labute approximate surface area is 266 Å². The molecular weight excluding hydrogens is 592 g/mol. The van der Waals surface area contributed by atoms with Crippen LogP contribution in [-0.4, -0.2) is 74.3 Å². The number of hydrogen-bond donors (Lipinski definition) is 1. The molecule has 11 nitrogen and oxygen atoms in total.